The van der Waals surface area contributed by atoms with Crippen molar-refractivity contribution < 1.29 is 18.0 Å². The van der Waals surface area contributed by atoms with E-state index in [0.29, 0.717) is 39.0 Å². The van der Waals surface area contributed by atoms with Gasteiger partial charge in [-0.1, -0.05) is 18.2 Å². The van der Waals surface area contributed by atoms with Gasteiger partial charge in [-0.25, -0.2) is 8.78 Å². The summed E-state index contributed by atoms with van der Waals surface area (Å²) in [6.07, 6.45) is 0. The minimum absolute atomic E-state index is 0.330. The molecule has 1 heterocycles. The van der Waals surface area contributed by atoms with Crippen LogP contribution < -0.4 is 5.32 Å². The first-order valence-corrected chi connectivity index (χ1v) is 8.79. The lowest BCUT2D eigenvalue weighted by molar-refractivity contribution is 0.0964. The van der Waals surface area contributed by atoms with Crippen molar-refractivity contribution in [3.63, 3.8) is 0 Å². The van der Waals surface area contributed by atoms with E-state index in [0.717, 1.165) is 5.56 Å². The smallest absolute Gasteiger partial charge is 0.255 e. The average Bonchev–Trinajstić information content (AvgIpc) is 3.06. The van der Waals surface area contributed by atoms with Gasteiger partial charge in [-0.05, 0) is 60.5 Å². The van der Waals surface area contributed by atoms with E-state index in [2.05, 4.69) is 5.32 Å². The molecule has 0 radical (unpaired) electrons. The summed E-state index contributed by atoms with van der Waals surface area (Å²) in [6.45, 7) is 1.83. The third-order valence-corrected chi connectivity index (χ3v) is 4.76. The maximum Gasteiger partial charge on any atom is 0.255 e. The Morgan fingerprint density at radius 3 is 2.36 bits per heavy atom. The molecule has 0 aliphatic carbocycles. The van der Waals surface area contributed by atoms with Gasteiger partial charge in [-0.3, -0.25) is 4.79 Å². The molecular weight excluding hydrogens is 360 g/mol. The van der Waals surface area contributed by atoms with E-state index in [4.69, 9.17) is 4.42 Å². The van der Waals surface area contributed by atoms with Gasteiger partial charge >= 0.3 is 0 Å². The van der Waals surface area contributed by atoms with Gasteiger partial charge in [-0.2, -0.15) is 0 Å². The first-order valence-electron chi connectivity index (χ1n) is 8.79. The van der Waals surface area contributed by atoms with Crippen LogP contribution in [0.3, 0.4) is 0 Å². The van der Waals surface area contributed by atoms with Crippen molar-refractivity contribution in [2.75, 3.05) is 7.05 Å². The number of hydrogen-bond acceptors (Lipinski definition) is 2. The Bertz CT molecular complexity index is 1170. The van der Waals surface area contributed by atoms with Crippen LogP contribution in [0.15, 0.2) is 65.1 Å². The van der Waals surface area contributed by atoms with Crippen molar-refractivity contribution >= 4 is 16.9 Å². The third kappa shape index (κ3) is 2.95. The number of carbonyl (C=O) groups excluding carboxylic acids is 1. The van der Waals surface area contributed by atoms with Gasteiger partial charge in [0.05, 0.1) is 5.56 Å². The van der Waals surface area contributed by atoms with Crippen LogP contribution >= 0.6 is 0 Å². The fourth-order valence-electron chi connectivity index (χ4n) is 3.41. The minimum atomic E-state index is -0.376. The van der Waals surface area contributed by atoms with E-state index in [1.165, 1.54) is 25.2 Å². The van der Waals surface area contributed by atoms with Crippen molar-refractivity contribution in [1.29, 1.82) is 0 Å². The summed E-state index contributed by atoms with van der Waals surface area (Å²) in [4.78, 5) is 12.6. The SMILES string of the molecule is CNC(=O)c1c(-c2ccc(F)cc2)oc2ccc(-c3c(C)cccc3F)cc12. The molecule has 1 aromatic heterocycles. The number of furan rings is 1. The monoisotopic (exact) mass is 377 g/mol. The lowest BCUT2D eigenvalue weighted by Gasteiger charge is -2.08. The zero-order chi connectivity index (χ0) is 19.8. The van der Waals surface area contributed by atoms with E-state index in [9.17, 15) is 13.6 Å². The number of aryl methyl sites for hydroxylation is 1. The summed E-state index contributed by atoms with van der Waals surface area (Å²) < 4.78 is 33.7. The second-order valence-electron chi connectivity index (χ2n) is 6.53. The van der Waals surface area contributed by atoms with Crippen molar-refractivity contribution in [3.05, 3.63) is 83.4 Å². The fourth-order valence-corrected chi connectivity index (χ4v) is 3.41. The van der Waals surface area contributed by atoms with Crippen LogP contribution in [0.5, 0.6) is 0 Å². The highest BCUT2D eigenvalue weighted by atomic mass is 19.1. The van der Waals surface area contributed by atoms with Crippen LogP contribution in [0, 0.1) is 18.6 Å². The van der Waals surface area contributed by atoms with Gasteiger partial charge in [0.15, 0.2) is 0 Å². The van der Waals surface area contributed by atoms with Gasteiger partial charge < -0.3 is 9.73 Å². The van der Waals surface area contributed by atoms with Crippen LogP contribution in [-0.4, -0.2) is 13.0 Å². The van der Waals surface area contributed by atoms with E-state index in [1.807, 2.05) is 13.0 Å². The van der Waals surface area contributed by atoms with Gasteiger partial charge in [0, 0.05) is 23.6 Å². The molecule has 3 aromatic carbocycles. The average molecular weight is 377 g/mol. The Morgan fingerprint density at radius 1 is 0.964 bits per heavy atom. The zero-order valence-corrected chi connectivity index (χ0v) is 15.3. The predicted octanol–water partition coefficient (Wildman–Crippen LogP) is 5.71. The Hall–Kier alpha value is -3.47. The van der Waals surface area contributed by atoms with Gasteiger partial charge in [0.25, 0.3) is 5.91 Å². The van der Waals surface area contributed by atoms with Crippen LogP contribution in [0.25, 0.3) is 33.4 Å². The number of nitrogens with one attached hydrogen (secondary N) is 1. The van der Waals surface area contributed by atoms with E-state index in [-0.39, 0.29) is 17.5 Å². The fraction of sp³-hybridized carbons (Fsp3) is 0.0870. The van der Waals surface area contributed by atoms with Crippen LogP contribution in [0.1, 0.15) is 15.9 Å². The molecule has 0 fully saturated rings. The molecule has 1 amide bonds. The molecule has 1 N–H and O–H groups in total. The van der Waals surface area contributed by atoms with Crippen LogP contribution in [0.2, 0.25) is 0 Å². The molecule has 4 rings (SSSR count). The van der Waals surface area contributed by atoms with Gasteiger partial charge in [0.1, 0.15) is 23.0 Å². The summed E-state index contributed by atoms with van der Waals surface area (Å²) in [5.74, 6) is -0.695. The molecule has 28 heavy (non-hydrogen) atoms. The molecule has 0 unspecified atom stereocenters. The summed E-state index contributed by atoms with van der Waals surface area (Å²) in [7, 11) is 1.53. The van der Waals surface area contributed by atoms with E-state index in [1.54, 1.807) is 36.4 Å². The van der Waals surface area contributed by atoms with Crippen molar-refractivity contribution in [3.8, 4) is 22.5 Å². The normalized spacial score (nSPS) is 11.0. The van der Waals surface area contributed by atoms with Crippen molar-refractivity contribution in [2.45, 2.75) is 6.92 Å². The highest BCUT2D eigenvalue weighted by Crippen LogP contribution is 2.37. The molecule has 0 bridgehead atoms. The highest BCUT2D eigenvalue weighted by Gasteiger charge is 2.22. The summed E-state index contributed by atoms with van der Waals surface area (Å²) >= 11 is 0. The molecule has 0 aliphatic rings. The van der Waals surface area contributed by atoms with Crippen molar-refractivity contribution in [1.82, 2.24) is 5.32 Å². The first-order chi connectivity index (χ1) is 13.5. The van der Waals surface area contributed by atoms with E-state index < -0.39 is 0 Å². The quantitative estimate of drug-likeness (QED) is 0.497. The molecule has 0 atom stereocenters. The number of carbonyl (C=O) groups is 1. The standard InChI is InChI=1S/C23H17F2NO2/c1-13-4-3-5-18(25)20(13)15-8-11-19-17(12-15)21(23(27)26-2)22(28-19)14-6-9-16(24)10-7-14/h3-12H,1-2H3,(H,26,27). The second kappa shape index (κ2) is 6.93. The summed E-state index contributed by atoms with van der Waals surface area (Å²) in [6, 6.07) is 15.9. The number of amides is 1. The molecule has 4 aromatic rings. The lowest BCUT2D eigenvalue weighted by atomic mass is 9.97. The minimum Gasteiger partial charge on any atom is -0.455 e. The zero-order valence-electron chi connectivity index (χ0n) is 15.3. The Labute approximate surface area is 160 Å². The largest absolute Gasteiger partial charge is 0.455 e. The summed E-state index contributed by atoms with van der Waals surface area (Å²) in [5.41, 5.74) is 3.34. The number of rotatable bonds is 3. The highest BCUT2D eigenvalue weighted by molar-refractivity contribution is 6.11. The number of halogens is 2. The predicted molar refractivity (Wildman–Crippen MR) is 105 cm³/mol. The Kier molecular flexibility index (Phi) is 4.43. The number of benzene rings is 3. The molecule has 0 saturated heterocycles. The number of fused-ring (bicyclic) bond motifs is 1. The Morgan fingerprint density at radius 2 is 1.68 bits per heavy atom. The third-order valence-electron chi connectivity index (χ3n) is 4.76. The molecule has 0 saturated carbocycles. The number of hydrogen-bond donors (Lipinski definition) is 1. The van der Waals surface area contributed by atoms with Gasteiger partial charge in [-0.15, -0.1) is 0 Å². The van der Waals surface area contributed by atoms with Crippen LogP contribution in [0.4, 0.5) is 8.78 Å². The molecule has 0 spiro atoms. The first kappa shape index (κ1) is 17.9. The molecule has 140 valence electrons. The molecule has 0 aliphatic heterocycles. The summed E-state index contributed by atoms with van der Waals surface area (Å²) in [5, 5.41) is 3.18. The maximum absolute atomic E-state index is 14.4. The molecule has 3 nitrogen and oxygen atoms in total. The second-order valence-corrected chi connectivity index (χ2v) is 6.53. The lowest BCUT2D eigenvalue weighted by Crippen LogP contribution is -2.18. The van der Waals surface area contributed by atoms with Crippen molar-refractivity contribution in [2.24, 2.45) is 0 Å². The van der Waals surface area contributed by atoms with E-state index >= 15 is 0 Å². The topological polar surface area (TPSA) is 42.2 Å². The van der Waals surface area contributed by atoms with Gasteiger partial charge in [0.2, 0.25) is 0 Å². The Balaban J connectivity index is 1.98. The van der Waals surface area contributed by atoms with Crippen LogP contribution in [-0.2, 0) is 0 Å². The maximum atomic E-state index is 14.4. The molecule has 5 heteroatoms. The molecular formula is C23H17F2NO2.